The molecule has 1 saturated heterocycles. The highest BCUT2D eigenvalue weighted by atomic mass is 19.2. The quantitative estimate of drug-likeness (QED) is 0.895. The molecule has 6 heteroatoms. The molecule has 1 aliphatic heterocycles. The molecule has 0 radical (unpaired) electrons. The Kier molecular flexibility index (Phi) is 5.41. The van der Waals surface area contributed by atoms with Gasteiger partial charge in [0.05, 0.1) is 25.2 Å². The topological polar surface area (TPSA) is 41.6 Å². The van der Waals surface area contributed by atoms with Crippen molar-refractivity contribution in [1.29, 1.82) is 0 Å². The molecule has 2 aliphatic rings. The minimum absolute atomic E-state index is 0.0140. The standard InChI is InChI=1S/C20H24F2N2O2/c1-14-11-16(24-7-9-26-10-8-24)5-6-20(14,2)23-19(25)13-15-3-4-17(21)18(22)12-15/h3-5,11-12H,6-10,13H2,1-2H3,(H,23,25). The van der Waals surface area contributed by atoms with E-state index in [1.807, 2.05) is 13.8 Å². The molecule has 140 valence electrons. The summed E-state index contributed by atoms with van der Waals surface area (Å²) >= 11 is 0. The summed E-state index contributed by atoms with van der Waals surface area (Å²) in [4.78, 5) is 14.7. The van der Waals surface area contributed by atoms with Gasteiger partial charge in [-0.1, -0.05) is 12.1 Å². The highest BCUT2D eigenvalue weighted by molar-refractivity contribution is 5.80. The molecule has 1 unspecified atom stereocenters. The summed E-state index contributed by atoms with van der Waals surface area (Å²) in [5, 5.41) is 3.04. The van der Waals surface area contributed by atoms with Crippen LogP contribution < -0.4 is 5.32 Å². The molecule has 1 fully saturated rings. The zero-order valence-corrected chi connectivity index (χ0v) is 15.1. The molecule has 1 atom stereocenters. The molecule has 4 nitrogen and oxygen atoms in total. The first kappa shape index (κ1) is 18.6. The molecule has 1 aromatic rings. The number of benzene rings is 1. The van der Waals surface area contributed by atoms with E-state index in [4.69, 9.17) is 4.74 Å². The van der Waals surface area contributed by atoms with Crippen LogP contribution in [0.4, 0.5) is 8.78 Å². The lowest BCUT2D eigenvalue weighted by Gasteiger charge is -2.38. The third-order valence-electron chi connectivity index (χ3n) is 5.09. The van der Waals surface area contributed by atoms with E-state index in [-0.39, 0.29) is 12.3 Å². The number of nitrogens with zero attached hydrogens (tertiary/aromatic N) is 1. The summed E-state index contributed by atoms with van der Waals surface area (Å²) in [5.74, 6) is -2.06. The fraction of sp³-hybridized carbons (Fsp3) is 0.450. The number of carbonyl (C=O) groups excluding carboxylic acids is 1. The SMILES string of the molecule is CC1=CC(N2CCOCC2)=CCC1(C)NC(=O)Cc1ccc(F)c(F)c1. The lowest BCUT2D eigenvalue weighted by Crippen LogP contribution is -2.49. The maximum Gasteiger partial charge on any atom is 0.225 e. The molecular formula is C20H24F2N2O2. The molecule has 1 N–H and O–H groups in total. The van der Waals surface area contributed by atoms with Gasteiger partial charge in [-0.15, -0.1) is 0 Å². The van der Waals surface area contributed by atoms with Crippen molar-refractivity contribution in [1.82, 2.24) is 10.2 Å². The van der Waals surface area contributed by atoms with Crippen LogP contribution in [0.2, 0.25) is 0 Å². The second-order valence-corrected chi connectivity index (χ2v) is 7.07. The van der Waals surface area contributed by atoms with Crippen LogP contribution >= 0.6 is 0 Å². The minimum Gasteiger partial charge on any atom is -0.378 e. The van der Waals surface area contributed by atoms with Crippen LogP contribution in [0.3, 0.4) is 0 Å². The molecule has 0 aromatic heterocycles. The zero-order chi connectivity index (χ0) is 18.7. The first-order valence-electron chi connectivity index (χ1n) is 8.84. The van der Waals surface area contributed by atoms with Gasteiger partial charge in [0, 0.05) is 18.8 Å². The van der Waals surface area contributed by atoms with Crippen molar-refractivity contribution >= 4 is 5.91 Å². The zero-order valence-electron chi connectivity index (χ0n) is 15.1. The maximum absolute atomic E-state index is 13.3. The number of ether oxygens (including phenoxy) is 1. The Bertz CT molecular complexity index is 754. The third kappa shape index (κ3) is 4.12. The molecule has 1 heterocycles. The molecular weight excluding hydrogens is 338 g/mol. The van der Waals surface area contributed by atoms with Crippen molar-refractivity contribution < 1.29 is 18.3 Å². The van der Waals surface area contributed by atoms with E-state index >= 15 is 0 Å². The highest BCUT2D eigenvalue weighted by Crippen LogP contribution is 2.29. The number of hydrogen-bond donors (Lipinski definition) is 1. The van der Waals surface area contributed by atoms with Gasteiger partial charge in [0.15, 0.2) is 11.6 Å². The number of allylic oxidation sites excluding steroid dienone is 1. The highest BCUT2D eigenvalue weighted by Gasteiger charge is 2.31. The van der Waals surface area contributed by atoms with E-state index in [1.54, 1.807) is 0 Å². The Morgan fingerprint density at radius 3 is 2.65 bits per heavy atom. The number of hydrogen-bond acceptors (Lipinski definition) is 3. The van der Waals surface area contributed by atoms with Crippen LogP contribution in [0, 0.1) is 11.6 Å². The van der Waals surface area contributed by atoms with Crippen LogP contribution in [0.1, 0.15) is 25.8 Å². The molecule has 3 rings (SSSR count). The summed E-state index contributed by atoms with van der Waals surface area (Å²) in [6, 6.07) is 3.54. The molecule has 1 aliphatic carbocycles. The average molecular weight is 362 g/mol. The monoisotopic (exact) mass is 362 g/mol. The Balaban J connectivity index is 1.63. The number of morpholine rings is 1. The van der Waals surface area contributed by atoms with Crippen molar-refractivity contribution in [3.63, 3.8) is 0 Å². The predicted octanol–water partition coefficient (Wildman–Crippen LogP) is 2.95. The third-order valence-corrected chi connectivity index (χ3v) is 5.09. The molecule has 0 saturated carbocycles. The minimum atomic E-state index is -0.937. The molecule has 0 bridgehead atoms. The van der Waals surface area contributed by atoms with E-state index in [0.717, 1.165) is 49.7 Å². The van der Waals surface area contributed by atoms with Crippen molar-refractivity contribution in [2.45, 2.75) is 32.2 Å². The van der Waals surface area contributed by atoms with Gasteiger partial charge in [-0.3, -0.25) is 4.79 Å². The molecule has 26 heavy (non-hydrogen) atoms. The largest absolute Gasteiger partial charge is 0.378 e. The van der Waals surface area contributed by atoms with Gasteiger partial charge in [0.25, 0.3) is 0 Å². The Labute approximate surface area is 152 Å². The number of amides is 1. The lowest BCUT2D eigenvalue weighted by atomic mass is 9.84. The van der Waals surface area contributed by atoms with Crippen LogP contribution in [-0.4, -0.2) is 42.6 Å². The first-order valence-corrected chi connectivity index (χ1v) is 8.84. The van der Waals surface area contributed by atoms with Crippen molar-refractivity contribution in [2.24, 2.45) is 0 Å². The van der Waals surface area contributed by atoms with Gasteiger partial charge in [0.1, 0.15) is 0 Å². The fourth-order valence-electron chi connectivity index (χ4n) is 3.29. The molecule has 0 spiro atoms. The van der Waals surface area contributed by atoms with Crippen molar-refractivity contribution in [2.75, 3.05) is 26.3 Å². The summed E-state index contributed by atoms with van der Waals surface area (Å²) in [5.41, 5.74) is 2.20. The van der Waals surface area contributed by atoms with E-state index < -0.39 is 17.2 Å². The summed E-state index contributed by atoms with van der Waals surface area (Å²) in [6.45, 7) is 7.18. The maximum atomic E-state index is 13.3. The van der Waals surface area contributed by atoms with Crippen LogP contribution in [0.25, 0.3) is 0 Å². The smallest absolute Gasteiger partial charge is 0.225 e. The van der Waals surface area contributed by atoms with Gasteiger partial charge in [-0.25, -0.2) is 8.78 Å². The van der Waals surface area contributed by atoms with Crippen molar-refractivity contribution in [3.8, 4) is 0 Å². The Hall–Kier alpha value is -2.21. The normalized spacial score (nSPS) is 23.3. The van der Waals surface area contributed by atoms with E-state index in [0.29, 0.717) is 12.0 Å². The van der Waals surface area contributed by atoms with Gasteiger partial charge in [-0.2, -0.15) is 0 Å². The number of carbonyl (C=O) groups is 1. The Morgan fingerprint density at radius 2 is 2.00 bits per heavy atom. The van der Waals surface area contributed by atoms with Crippen LogP contribution in [0.15, 0.2) is 41.6 Å². The first-order chi connectivity index (χ1) is 12.4. The predicted molar refractivity (Wildman–Crippen MR) is 95.5 cm³/mol. The summed E-state index contributed by atoms with van der Waals surface area (Å²) < 4.78 is 31.7. The second kappa shape index (κ2) is 7.58. The van der Waals surface area contributed by atoms with Gasteiger partial charge in [0.2, 0.25) is 5.91 Å². The van der Waals surface area contributed by atoms with E-state index in [9.17, 15) is 13.6 Å². The van der Waals surface area contributed by atoms with Crippen LogP contribution in [0.5, 0.6) is 0 Å². The fourth-order valence-corrected chi connectivity index (χ4v) is 3.29. The summed E-state index contributed by atoms with van der Waals surface area (Å²) in [6.07, 6.45) is 4.94. The van der Waals surface area contributed by atoms with Gasteiger partial charge >= 0.3 is 0 Å². The molecule has 1 aromatic carbocycles. The number of rotatable bonds is 4. The lowest BCUT2D eigenvalue weighted by molar-refractivity contribution is -0.121. The summed E-state index contributed by atoms with van der Waals surface area (Å²) in [7, 11) is 0. The van der Waals surface area contributed by atoms with Crippen LogP contribution in [-0.2, 0) is 16.0 Å². The Morgan fingerprint density at radius 1 is 1.27 bits per heavy atom. The van der Waals surface area contributed by atoms with Gasteiger partial charge < -0.3 is 15.0 Å². The van der Waals surface area contributed by atoms with E-state index in [1.165, 1.54) is 6.07 Å². The van der Waals surface area contributed by atoms with Crippen molar-refractivity contribution in [3.05, 3.63) is 58.8 Å². The van der Waals surface area contributed by atoms with Gasteiger partial charge in [-0.05, 0) is 49.6 Å². The van der Waals surface area contributed by atoms with E-state index in [2.05, 4.69) is 22.4 Å². The number of nitrogens with one attached hydrogen (secondary N) is 1. The molecule has 1 amide bonds. The number of halogens is 2. The second-order valence-electron chi connectivity index (χ2n) is 7.07. The average Bonchev–Trinajstić information content (AvgIpc) is 2.61.